The Bertz CT molecular complexity index is 80.5. The fourth-order valence-corrected chi connectivity index (χ4v) is 0.305. The van der Waals surface area contributed by atoms with Crippen molar-refractivity contribution < 1.29 is 5.11 Å². The van der Waals surface area contributed by atoms with E-state index in [2.05, 4.69) is 4.99 Å². The largest absolute Gasteiger partial charge is 0.390 e. The SMILES string of the molecule is C/C(CO)=N\CCN. The van der Waals surface area contributed by atoms with E-state index < -0.39 is 0 Å². The molecule has 0 aromatic carbocycles. The Morgan fingerprint density at radius 1 is 1.75 bits per heavy atom. The number of nitrogens with two attached hydrogens (primary N) is 1. The standard InChI is InChI=1S/C5H12N2O/c1-5(4-8)7-3-2-6/h8H,2-4,6H2,1H3/b7-5+. The summed E-state index contributed by atoms with van der Waals surface area (Å²) in [6, 6.07) is 0. The van der Waals surface area contributed by atoms with Crippen molar-refractivity contribution in [2.45, 2.75) is 6.92 Å². The normalized spacial score (nSPS) is 12.1. The van der Waals surface area contributed by atoms with Crippen molar-refractivity contribution >= 4 is 5.71 Å². The third-order valence-electron chi connectivity index (χ3n) is 0.740. The van der Waals surface area contributed by atoms with Crippen molar-refractivity contribution in [3.63, 3.8) is 0 Å². The highest BCUT2D eigenvalue weighted by Gasteiger charge is 1.82. The molecular weight excluding hydrogens is 104 g/mol. The monoisotopic (exact) mass is 116 g/mol. The summed E-state index contributed by atoms with van der Waals surface area (Å²) in [4.78, 5) is 3.90. The van der Waals surface area contributed by atoms with E-state index in [0.29, 0.717) is 13.1 Å². The number of rotatable bonds is 3. The van der Waals surface area contributed by atoms with Gasteiger partial charge in [0, 0.05) is 12.3 Å². The zero-order valence-electron chi connectivity index (χ0n) is 5.09. The van der Waals surface area contributed by atoms with E-state index in [1.165, 1.54) is 0 Å². The van der Waals surface area contributed by atoms with Gasteiger partial charge >= 0.3 is 0 Å². The van der Waals surface area contributed by atoms with Gasteiger partial charge in [0.1, 0.15) is 0 Å². The maximum Gasteiger partial charge on any atom is 0.0806 e. The summed E-state index contributed by atoms with van der Waals surface area (Å²) in [5.41, 5.74) is 5.89. The van der Waals surface area contributed by atoms with Gasteiger partial charge in [0.15, 0.2) is 0 Å². The second-order valence-corrected chi connectivity index (χ2v) is 1.56. The molecule has 0 radical (unpaired) electrons. The minimum Gasteiger partial charge on any atom is -0.390 e. The van der Waals surface area contributed by atoms with E-state index in [9.17, 15) is 0 Å². The second-order valence-electron chi connectivity index (χ2n) is 1.56. The molecular formula is C5H12N2O. The molecule has 0 heterocycles. The summed E-state index contributed by atoms with van der Waals surface area (Å²) in [5.74, 6) is 0. The Morgan fingerprint density at radius 3 is 2.75 bits per heavy atom. The molecule has 3 nitrogen and oxygen atoms in total. The van der Waals surface area contributed by atoms with Crippen LogP contribution in [-0.2, 0) is 0 Å². The number of hydrogen-bond acceptors (Lipinski definition) is 3. The van der Waals surface area contributed by atoms with Gasteiger partial charge in [-0.25, -0.2) is 0 Å². The van der Waals surface area contributed by atoms with Gasteiger partial charge < -0.3 is 10.8 Å². The zero-order valence-corrected chi connectivity index (χ0v) is 5.09. The van der Waals surface area contributed by atoms with Gasteiger partial charge in [-0.2, -0.15) is 0 Å². The molecule has 8 heavy (non-hydrogen) atoms. The molecule has 3 N–H and O–H groups in total. The van der Waals surface area contributed by atoms with Crippen LogP contribution in [0.15, 0.2) is 4.99 Å². The van der Waals surface area contributed by atoms with Gasteiger partial charge in [-0.15, -0.1) is 0 Å². The topological polar surface area (TPSA) is 58.6 Å². The number of aliphatic imine (C=N–C) groups is 1. The summed E-state index contributed by atoms with van der Waals surface area (Å²) in [5, 5.41) is 8.39. The quantitative estimate of drug-likeness (QED) is 0.484. The lowest BCUT2D eigenvalue weighted by Crippen LogP contribution is -2.06. The predicted octanol–water partition coefficient (Wildman–Crippen LogP) is -0.602. The van der Waals surface area contributed by atoms with E-state index >= 15 is 0 Å². The van der Waals surface area contributed by atoms with Gasteiger partial charge in [0.05, 0.1) is 13.2 Å². The van der Waals surface area contributed by atoms with Crippen molar-refractivity contribution in [1.82, 2.24) is 0 Å². The molecule has 3 heteroatoms. The summed E-state index contributed by atoms with van der Waals surface area (Å²) in [6.07, 6.45) is 0. The molecule has 48 valence electrons. The molecule has 0 aromatic heterocycles. The second kappa shape index (κ2) is 4.74. The van der Waals surface area contributed by atoms with Crippen LogP contribution in [0, 0.1) is 0 Å². The first-order valence-corrected chi connectivity index (χ1v) is 2.62. The lowest BCUT2D eigenvalue weighted by molar-refractivity contribution is 0.356. The Kier molecular flexibility index (Phi) is 4.50. The van der Waals surface area contributed by atoms with Crippen LogP contribution in [0.4, 0.5) is 0 Å². The Morgan fingerprint density at radius 2 is 2.38 bits per heavy atom. The number of aliphatic hydroxyl groups excluding tert-OH is 1. The molecule has 0 spiro atoms. The van der Waals surface area contributed by atoms with Gasteiger partial charge in [-0.1, -0.05) is 0 Å². The van der Waals surface area contributed by atoms with E-state index in [4.69, 9.17) is 10.8 Å². The van der Waals surface area contributed by atoms with Crippen LogP contribution >= 0.6 is 0 Å². The minimum atomic E-state index is 0.0417. The molecule has 0 aliphatic carbocycles. The highest BCUT2D eigenvalue weighted by Crippen LogP contribution is 1.72. The molecule has 0 unspecified atom stereocenters. The van der Waals surface area contributed by atoms with E-state index in [0.717, 1.165) is 5.71 Å². The fourth-order valence-electron chi connectivity index (χ4n) is 0.305. The first-order valence-electron chi connectivity index (χ1n) is 2.62. The molecule has 0 fully saturated rings. The lowest BCUT2D eigenvalue weighted by Gasteiger charge is -1.90. The number of nitrogens with zero attached hydrogens (tertiary/aromatic N) is 1. The molecule has 0 aromatic rings. The third-order valence-corrected chi connectivity index (χ3v) is 0.740. The smallest absolute Gasteiger partial charge is 0.0806 e. The molecule has 0 saturated carbocycles. The zero-order chi connectivity index (χ0) is 6.41. The van der Waals surface area contributed by atoms with Crippen molar-refractivity contribution in [2.75, 3.05) is 19.7 Å². The van der Waals surface area contributed by atoms with E-state index in [1.54, 1.807) is 6.92 Å². The highest BCUT2D eigenvalue weighted by atomic mass is 16.3. The molecule has 0 aliphatic rings. The van der Waals surface area contributed by atoms with Gasteiger partial charge in [-0.05, 0) is 6.92 Å². The lowest BCUT2D eigenvalue weighted by atomic mass is 10.4. The van der Waals surface area contributed by atoms with Gasteiger partial charge in [0.2, 0.25) is 0 Å². The van der Waals surface area contributed by atoms with Crippen LogP contribution in [-0.4, -0.2) is 30.5 Å². The number of hydrogen-bond donors (Lipinski definition) is 2. The van der Waals surface area contributed by atoms with Gasteiger partial charge in [-0.3, -0.25) is 4.99 Å². The maximum atomic E-state index is 8.39. The van der Waals surface area contributed by atoms with Gasteiger partial charge in [0.25, 0.3) is 0 Å². The van der Waals surface area contributed by atoms with E-state index in [1.807, 2.05) is 0 Å². The van der Waals surface area contributed by atoms with Crippen molar-refractivity contribution in [2.24, 2.45) is 10.7 Å². The van der Waals surface area contributed by atoms with Crippen molar-refractivity contribution in [3.8, 4) is 0 Å². The maximum absolute atomic E-state index is 8.39. The molecule has 0 bridgehead atoms. The Balaban J connectivity index is 3.26. The number of aliphatic hydroxyl groups is 1. The average Bonchev–Trinajstić information content (AvgIpc) is 1.83. The molecule has 0 saturated heterocycles. The first-order chi connectivity index (χ1) is 3.81. The Hall–Kier alpha value is -0.410. The summed E-state index contributed by atoms with van der Waals surface area (Å²) >= 11 is 0. The summed E-state index contributed by atoms with van der Waals surface area (Å²) < 4.78 is 0. The average molecular weight is 116 g/mol. The van der Waals surface area contributed by atoms with Crippen LogP contribution < -0.4 is 5.73 Å². The first kappa shape index (κ1) is 7.59. The highest BCUT2D eigenvalue weighted by molar-refractivity contribution is 5.82. The van der Waals surface area contributed by atoms with Crippen LogP contribution in [0.5, 0.6) is 0 Å². The van der Waals surface area contributed by atoms with Crippen LogP contribution in [0.3, 0.4) is 0 Å². The van der Waals surface area contributed by atoms with Crippen molar-refractivity contribution in [1.29, 1.82) is 0 Å². The Labute approximate surface area is 49.2 Å². The van der Waals surface area contributed by atoms with E-state index in [-0.39, 0.29) is 6.61 Å². The molecule has 0 aliphatic heterocycles. The molecule has 0 atom stereocenters. The fraction of sp³-hybridized carbons (Fsp3) is 0.800. The molecule has 0 rings (SSSR count). The van der Waals surface area contributed by atoms with Crippen LogP contribution in [0.1, 0.15) is 6.92 Å². The predicted molar refractivity (Wildman–Crippen MR) is 34.1 cm³/mol. The third kappa shape index (κ3) is 3.77. The minimum absolute atomic E-state index is 0.0417. The van der Waals surface area contributed by atoms with Crippen LogP contribution in [0.25, 0.3) is 0 Å². The van der Waals surface area contributed by atoms with Crippen LogP contribution in [0.2, 0.25) is 0 Å². The summed E-state index contributed by atoms with van der Waals surface area (Å²) in [7, 11) is 0. The summed E-state index contributed by atoms with van der Waals surface area (Å²) in [6.45, 7) is 2.99. The molecule has 0 amide bonds. The van der Waals surface area contributed by atoms with Crippen molar-refractivity contribution in [3.05, 3.63) is 0 Å².